The van der Waals surface area contributed by atoms with Gasteiger partial charge in [-0.05, 0) is 79.5 Å². The van der Waals surface area contributed by atoms with Crippen LogP contribution in [-0.4, -0.2) is 6.61 Å². The second-order valence-electron chi connectivity index (χ2n) is 9.17. The summed E-state index contributed by atoms with van der Waals surface area (Å²) in [5.41, 5.74) is 1.25. The summed E-state index contributed by atoms with van der Waals surface area (Å²) >= 11 is 0. The number of alkyl halides is 2. The Labute approximate surface area is 211 Å². The fourth-order valence-electron chi connectivity index (χ4n) is 4.89. The van der Waals surface area contributed by atoms with E-state index in [1.807, 2.05) is 6.07 Å². The normalized spacial score (nSPS) is 17.5. The third-order valence-electron chi connectivity index (χ3n) is 6.81. The van der Waals surface area contributed by atoms with E-state index >= 15 is 8.78 Å². The van der Waals surface area contributed by atoms with Crippen LogP contribution in [0.5, 0.6) is 17.2 Å². The first-order valence-corrected chi connectivity index (χ1v) is 12.3. The summed E-state index contributed by atoms with van der Waals surface area (Å²) in [6, 6.07) is 15.0. The summed E-state index contributed by atoms with van der Waals surface area (Å²) in [5.74, 6) is 0.0990. The molecule has 36 heavy (non-hydrogen) atoms. The standard InChI is InChI=1S/C29H30F4O2.CH4/c1-2-3-5-19-8-10-20(11-9-19)21-12-17-24(26(30)18-21)25-6-4-7-27(28(25)31)34-22-13-15-23(16-14-22)35-29(32)33;/h4,6-7,12-20,29H,2-3,5,8-11H2,1H3;1H4/t19-,20-;. The van der Waals surface area contributed by atoms with Gasteiger partial charge in [0, 0.05) is 11.1 Å². The van der Waals surface area contributed by atoms with Gasteiger partial charge >= 0.3 is 6.61 Å². The smallest absolute Gasteiger partial charge is 0.387 e. The first-order chi connectivity index (χ1) is 16.9. The molecule has 0 radical (unpaired) electrons. The Morgan fingerprint density at radius 1 is 0.861 bits per heavy atom. The number of rotatable bonds is 9. The van der Waals surface area contributed by atoms with Crippen LogP contribution < -0.4 is 9.47 Å². The number of hydrogen-bond donors (Lipinski definition) is 0. The van der Waals surface area contributed by atoms with Gasteiger partial charge in [-0.15, -0.1) is 0 Å². The summed E-state index contributed by atoms with van der Waals surface area (Å²) in [5, 5.41) is 0. The molecule has 0 N–H and O–H groups in total. The molecule has 0 amide bonds. The van der Waals surface area contributed by atoms with E-state index in [1.54, 1.807) is 18.2 Å². The molecule has 2 nitrogen and oxygen atoms in total. The molecule has 4 rings (SSSR count). The number of hydrogen-bond acceptors (Lipinski definition) is 2. The maximum atomic E-state index is 15.3. The van der Waals surface area contributed by atoms with Gasteiger partial charge in [0.05, 0.1) is 0 Å². The number of unbranched alkanes of at least 4 members (excludes halogenated alkanes) is 1. The molecule has 1 aliphatic carbocycles. The van der Waals surface area contributed by atoms with Crippen LogP contribution in [0, 0.1) is 17.6 Å². The van der Waals surface area contributed by atoms with Crippen molar-refractivity contribution >= 4 is 0 Å². The number of benzene rings is 3. The number of ether oxygens (including phenoxy) is 2. The van der Waals surface area contributed by atoms with E-state index in [-0.39, 0.29) is 35.8 Å². The highest BCUT2D eigenvalue weighted by molar-refractivity contribution is 5.67. The van der Waals surface area contributed by atoms with Crippen molar-refractivity contribution in [1.82, 2.24) is 0 Å². The third kappa shape index (κ3) is 6.80. The van der Waals surface area contributed by atoms with Crippen molar-refractivity contribution < 1.29 is 27.0 Å². The molecule has 0 aliphatic heterocycles. The van der Waals surface area contributed by atoms with Crippen molar-refractivity contribution in [2.75, 3.05) is 0 Å². The van der Waals surface area contributed by atoms with E-state index in [4.69, 9.17) is 4.74 Å². The lowest BCUT2D eigenvalue weighted by molar-refractivity contribution is -0.0498. The molecule has 3 aromatic carbocycles. The van der Waals surface area contributed by atoms with Gasteiger partial charge < -0.3 is 9.47 Å². The quantitative estimate of drug-likeness (QED) is 0.271. The van der Waals surface area contributed by atoms with Crippen LogP contribution >= 0.6 is 0 Å². The molecule has 0 bridgehead atoms. The van der Waals surface area contributed by atoms with Crippen LogP contribution in [0.15, 0.2) is 60.7 Å². The molecule has 0 atom stereocenters. The van der Waals surface area contributed by atoms with Crippen molar-refractivity contribution in [3.8, 4) is 28.4 Å². The van der Waals surface area contributed by atoms with Gasteiger partial charge in [0.25, 0.3) is 0 Å². The molecule has 0 aromatic heterocycles. The van der Waals surface area contributed by atoms with Gasteiger partial charge in [0.15, 0.2) is 11.6 Å². The van der Waals surface area contributed by atoms with Crippen LogP contribution in [0.4, 0.5) is 17.6 Å². The molecule has 6 heteroatoms. The number of halogens is 4. The molecule has 3 aromatic rings. The monoisotopic (exact) mass is 502 g/mol. The Kier molecular flexibility index (Phi) is 9.80. The van der Waals surface area contributed by atoms with Gasteiger partial charge in [0.2, 0.25) is 0 Å². The lowest BCUT2D eigenvalue weighted by Crippen LogP contribution is -2.13. The van der Waals surface area contributed by atoms with Crippen LogP contribution in [0.3, 0.4) is 0 Å². The molecular formula is C30H34F4O2. The zero-order valence-electron chi connectivity index (χ0n) is 19.8. The van der Waals surface area contributed by atoms with E-state index in [0.29, 0.717) is 5.92 Å². The van der Waals surface area contributed by atoms with Crippen molar-refractivity contribution in [1.29, 1.82) is 0 Å². The fraction of sp³-hybridized carbons (Fsp3) is 0.400. The average Bonchev–Trinajstić information content (AvgIpc) is 2.85. The lowest BCUT2D eigenvalue weighted by atomic mass is 9.77. The van der Waals surface area contributed by atoms with Gasteiger partial charge in [-0.1, -0.05) is 57.9 Å². The topological polar surface area (TPSA) is 18.5 Å². The predicted octanol–water partition coefficient (Wildman–Crippen LogP) is 10.1. The predicted molar refractivity (Wildman–Crippen MR) is 136 cm³/mol. The Bertz CT molecular complexity index is 1110. The minimum absolute atomic E-state index is 0. The summed E-state index contributed by atoms with van der Waals surface area (Å²) in [4.78, 5) is 0. The zero-order chi connectivity index (χ0) is 24.8. The van der Waals surface area contributed by atoms with E-state index < -0.39 is 18.2 Å². The first kappa shape index (κ1) is 27.6. The van der Waals surface area contributed by atoms with Crippen LogP contribution in [-0.2, 0) is 0 Å². The molecule has 0 heterocycles. The van der Waals surface area contributed by atoms with Crippen molar-refractivity contribution in [2.45, 2.75) is 71.8 Å². The van der Waals surface area contributed by atoms with E-state index in [2.05, 4.69) is 11.7 Å². The molecule has 0 unspecified atom stereocenters. The van der Waals surface area contributed by atoms with E-state index in [1.165, 1.54) is 68.5 Å². The minimum atomic E-state index is -2.93. The lowest BCUT2D eigenvalue weighted by Gasteiger charge is -2.29. The molecule has 1 saturated carbocycles. The summed E-state index contributed by atoms with van der Waals surface area (Å²) < 4.78 is 64.9. The van der Waals surface area contributed by atoms with Gasteiger partial charge in [-0.3, -0.25) is 0 Å². The third-order valence-corrected chi connectivity index (χ3v) is 6.81. The van der Waals surface area contributed by atoms with Gasteiger partial charge in [-0.2, -0.15) is 8.78 Å². The molecule has 0 saturated heterocycles. The van der Waals surface area contributed by atoms with Crippen LogP contribution in [0.2, 0.25) is 0 Å². The highest BCUT2D eigenvalue weighted by Gasteiger charge is 2.23. The Morgan fingerprint density at radius 2 is 1.56 bits per heavy atom. The Hall–Kier alpha value is -3.02. The SMILES string of the molecule is C.CCCC[C@H]1CC[C@H](c2ccc(-c3cccc(Oc4ccc(OC(F)F)cc4)c3F)c(F)c2)CC1. The summed E-state index contributed by atoms with van der Waals surface area (Å²) in [6.07, 6.45) is 8.25. The zero-order valence-corrected chi connectivity index (χ0v) is 19.8. The van der Waals surface area contributed by atoms with Crippen molar-refractivity contribution in [2.24, 2.45) is 5.92 Å². The highest BCUT2D eigenvalue weighted by Crippen LogP contribution is 2.40. The largest absolute Gasteiger partial charge is 0.454 e. The van der Waals surface area contributed by atoms with E-state index in [9.17, 15) is 8.78 Å². The maximum Gasteiger partial charge on any atom is 0.387 e. The van der Waals surface area contributed by atoms with Crippen molar-refractivity contribution in [3.63, 3.8) is 0 Å². The van der Waals surface area contributed by atoms with Gasteiger partial charge in [0.1, 0.15) is 17.3 Å². The van der Waals surface area contributed by atoms with Crippen LogP contribution in [0.1, 0.15) is 70.8 Å². The molecule has 0 spiro atoms. The first-order valence-electron chi connectivity index (χ1n) is 12.3. The molecular weight excluding hydrogens is 468 g/mol. The summed E-state index contributed by atoms with van der Waals surface area (Å²) in [6.45, 7) is -0.718. The van der Waals surface area contributed by atoms with Crippen LogP contribution in [0.25, 0.3) is 11.1 Å². The van der Waals surface area contributed by atoms with E-state index in [0.717, 1.165) is 24.3 Å². The molecule has 1 fully saturated rings. The fourth-order valence-corrected chi connectivity index (χ4v) is 4.89. The van der Waals surface area contributed by atoms with Gasteiger partial charge in [-0.25, -0.2) is 8.78 Å². The Balaban J connectivity index is 0.00000361. The van der Waals surface area contributed by atoms with Crippen molar-refractivity contribution in [3.05, 3.63) is 77.9 Å². The summed E-state index contributed by atoms with van der Waals surface area (Å²) in [7, 11) is 0. The highest BCUT2D eigenvalue weighted by atomic mass is 19.3. The second-order valence-corrected chi connectivity index (χ2v) is 9.17. The second kappa shape index (κ2) is 12.8. The molecule has 1 aliphatic rings. The maximum absolute atomic E-state index is 15.3. The average molecular weight is 503 g/mol. The minimum Gasteiger partial charge on any atom is -0.454 e. The molecule has 194 valence electrons. The Morgan fingerprint density at radius 3 is 2.19 bits per heavy atom.